The van der Waals surface area contributed by atoms with Crippen molar-refractivity contribution in [1.29, 1.82) is 0 Å². The highest BCUT2D eigenvalue weighted by Crippen LogP contribution is 2.22. The van der Waals surface area contributed by atoms with E-state index in [1.54, 1.807) is 0 Å². The minimum absolute atomic E-state index is 0.912. The molecule has 0 amide bonds. The molecule has 2 heterocycles. The second kappa shape index (κ2) is 7.06. The van der Waals surface area contributed by atoms with Gasteiger partial charge in [-0.05, 0) is 36.8 Å². The van der Waals surface area contributed by atoms with Gasteiger partial charge in [-0.1, -0.05) is 41.7 Å². The molecule has 0 atom stereocenters. The standard InChI is InChI=1S/C23H30N4Si/c1-19-13-21(27-12-10-25(3)18-27)16-23(14-19)28(4,5)22-8-6-7-20(15-22)26-11-9-24(2)17-26/h6-16H,17-18H2,1-5H3. The number of nitrogens with zero attached hydrogens (tertiary/aromatic N) is 4. The van der Waals surface area contributed by atoms with Crippen molar-refractivity contribution in [2.75, 3.05) is 37.2 Å². The fourth-order valence-electron chi connectivity index (χ4n) is 3.92. The molecular formula is C23H30N4Si. The highest BCUT2D eigenvalue weighted by molar-refractivity contribution is 7.00. The third-order valence-electron chi connectivity index (χ3n) is 5.77. The Morgan fingerprint density at radius 1 is 0.714 bits per heavy atom. The van der Waals surface area contributed by atoms with Crippen molar-refractivity contribution in [1.82, 2.24) is 9.80 Å². The van der Waals surface area contributed by atoms with Gasteiger partial charge in [0.05, 0.1) is 13.3 Å². The van der Waals surface area contributed by atoms with E-state index in [1.165, 1.54) is 27.3 Å². The van der Waals surface area contributed by atoms with Gasteiger partial charge in [0.15, 0.2) is 0 Å². The number of hydrogen-bond acceptors (Lipinski definition) is 4. The summed E-state index contributed by atoms with van der Waals surface area (Å²) in [7, 11) is 2.41. The van der Waals surface area contributed by atoms with Crippen LogP contribution in [0.1, 0.15) is 5.56 Å². The highest BCUT2D eigenvalue weighted by atomic mass is 28.3. The van der Waals surface area contributed by atoms with Crippen molar-refractivity contribution in [3.05, 3.63) is 72.8 Å². The van der Waals surface area contributed by atoms with Gasteiger partial charge in [0.25, 0.3) is 0 Å². The summed E-state index contributed by atoms with van der Waals surface area (Å²) in [4.78, 5) is 9.03. The Balaban J connectivity index is 1.68. The summed E-state index contributed by atoms with van der Waals surface area (Å²) >= 11 is 0. The smallest absolute Gasteiger partial charge is 0.112 e. The molecular weight excluding hydrogens is 360 g/mol. The van der Waals surface area contributed by atoms with Gasteiger partial charge in [-0.3, -0.25) is 0 Å². The zero-order valence-corrected chi connectivity index (χ0v) is 18.6. The van der Waals surface area contributed by atoms with Crippen molar-refractivity contribution in [2.45, 2.75) is 20.0 Å². The first kappa shape index (κ1) is 18.7. The Hall–Kier alpha value is -2.66. The molecule has 2 aliphatic rings. The lowest BCUT2D eigenvalue weighted by Gasteiger charge is -2.28. The Labute approximate surface area is 170 Å². The average Bonchev–Trinajstić information content (AvgIpc) is 3.30. The maximum Gasteiger partial charge on any atom is 0.112 e. The van der Waals surface area contributed by atoms with Crippen LogP contribution < -0.4 is 20.2 Å². The Kier molecular flexibility index (Phi) is 4.71. The highest BCUT2D eigenvalue weighted by Gasteiger charge is 2.28. The molecule has 0 fully saturated rings. The normalized spacial score (nSPS) is 16.6. The molecule has 0 saturated carbocycles. The Morgan fingerprint density at radius 3 is 1.93 bits per heavy atom. The van der Waals surface area contributed by atoms with Gasteiger partial charge < -0.3 is 19.6 Å². The molecule has 146 valence electrons. The largest absolute Gasteiger partial charge is 0.361 e. The topological polar surface area (TPSA) is 13.0 Å². The van der Waals surface area contributed by atoms with Crippen molar-refractivity contribution < 1.29 is 0 Å². The van der Waals surface area contributed by atoms with Gasteiger partial charge in [0, 0.05) is 50.3 Å². The maximum absolute atomic E-state index is 2.46. The lowest BCUT2D eigenvalue weighted by Crippen LogP contribution is -2.53. The first-order valence-electron chi connectivity index (χ1n) is 9.86. The van der Waals surface area contributed by atoms with Crippen LogP contribution in [0.4, 0.5) is 11.4 Å². The summed E-state index contributed by atoms with van der Waals surface area (Å²) < 4.78 is 0. The molecule has 0 unspecified atom stereocenters. The molecule has 4 nitrogen and oxygen atoms in total. The Morgan fingerprint density at radius 2 is 1.32 bits per heavy atom. The summed E-state index contributed by atoms with van der Waals surface area (Å²) in [6.07, 6.45) is 8.59. The predicted molar refractivity (Wildman–Crippen MR) is 123 cm³/mol. The minimum atomic E-state index is -1.81. The lowest BCUT2D eigenvalue weighted by atomic mass is 10.2. The van der Waals surface area contributed by atoms with Crippen LogP contribution in [-0.2, 0) is 0 Å². The van der Waals surface area contributed by atoms with E-state index in [2.05, 4.69) is 121 Å². The van der Waals surface area contributed by atoms with Gasteiger partial charge in [-0.2, -0.15) is 0 Å². The first-order chi connectivity index (χ1) is 13.3. The van der Waals surface area contributed by atoms with E-state index in [1.807, 2.05) is 0 Å². The molecule has 2 aromatic rings. The van der Waals surface area contributed by atoms with Crippen molar-refractivity contribution in [2.24, 2.45) is 0 Å². The molecule has 0 N–H and O–H groups in total. The van der Waals surface area contributed by atoms with E-state index >= 15 is 0 Å². The molecule has 0 aliphatic carbocycles. The van der Waals surface area contributed by atoms with E-state index in [4.69, 9.17) is 0 Å². The quantitative estimate of drug-likeness (QED) is 0.744. The molecule has 0 bridgehead atoms. The van der Waals surface area contributed by atoms with Crippen LogP contribution >= 0.6 is 0 Å². The second-order valence-corrected chi connectivity index (χ2v) is 13.0. The zero-order chi connectivity index (χ0) is 19.9. The van der Waals surface area contributed by atoms with E-state index in [0.29, 0.717) is 0 Å². The van der Waals surface area contributed by atoms with Gasteiger partial charge in [-0.15, -0.1) is 0 Å². The van der Waals surface area contributed by atoms with Gasteiger partial charge in [-0.25, -0.2) is 0 Å². The van der Waals surface area contributed by atoms with Crippen LogP contribution in [0.3, 0.4) is 0 Å². The van der Waals surface area contributed by atoms with Crippen LogP contribution in [0, 0.1) is 6.92 Å². The number of anilines is 2. The number of benzene rings is 2. The number of hydrogen-bond donors (Lipinski definition) is 0. The average molecular weight is 391 g/mol. The SMILES string of the molecule is Cc1cc(N2C=CN(C)C2)cc([Si](C)(C)c2cccc(N3C=CN(C)C3)c2)c1. The van der Waals surface area contributed by atoms with E-state index in [-0.39, 0.29) is 0 Å². The molecule has 4 rings (SSSR count). The van der Waals surface area contributed by atoms with Crippen LogP contribution in [0.2, 0.25) is 13.1 Å². The molecule has 0 saturated heterocycles. The number of rotatable bonds is 4. The fourth-order valence-corrected chi connectivity index (χ4v) is 6.37. The van der Waals surface area contributed by atoms with E-state index < -0.39 is 8.07 Å². The van der Waals surface area contributed by atoms with Crippen molar-refractivity contribution >= 4 is 29.8 Å². The molecule has 5 heteroatoms. The van der Waals surface area contributed by atoms with Crippen molar-refractivity contribution in [3.8, 4) is 0 Å². The molecule has 2 aliphatic heterocycles. The van der Waals surface area contributed by atoms with Gasteiger partial charge in [0.2, 0.25) is 0 Å². The predicted octanol–water partition coefficient (Wildman–Crippen LogP) is 3.18. The minimum Gasteiger partial charge on any atom is -0.361 e. The second-order valence-electron chi connectivity index (χ2n) is 8.57. The molecule has 0 aromatic heterocycles. The van der Waals surface area contributed by atoms with Crippen LogP contribution in [-0.4, -0.2) is 45.3 Å². The third kappa shape index (κ3) is 3.54. The zero-order valence-electron chi connectivity index (χ0n) is 17.6. The number of aryl methyl sites for hydroxylation is 1. The summed E-state index contributed by atoms with van der Waals surface area (Å²) in [5, 5.41) is 2.95. The Bertz CT molecular complexity index is 934. The summed E-state index contributed by atoms with van der Waals surface area (Å²) in [6.45, 7) is 8.96. The third-order valence-corrected chi connectivity index (χ3v) is 9.25. The fraction of sp³-hybridized carbons (Fsp3) is 0.304. The van der Waals surface area contributed by atoms with E-state index in [0.717, 1.165) is 13.3 Å². The van der Waals surface area contributed by atoms with Crippen molar-refractivity contribution in [3.63, 3.8) is 0 Å². The van der Waals surface area contributed by atoms with Gasteiger partial charge in [0.1, 0.15) is 8.07 Å². The maximum atomic E-state index is 2.46. The monoisotopic (exact) mass is 390 g/mol. The van der Waals surface area contributed by atoms with Gasteiger partial charge >= 0.3 is 0 Å². The molecule has 2 aromatic carbocycles. The summed E-state index contributed by atoms with van der Waals surface area (Å²) in [6, 6.07) is 16.2. The molecule has 28 heavy (non-hydrogen) atoms. The first-order valence-corrected chi connectivity index (χ1v) is 12.9. The lowest BCUT2D eigenvalue weighted by molar-refractivity contribution is 0.496. The van der Waals surface area contributed by atoms with Crippen LogP contribution in [0.5, 0.6) is 0 Å². The summed E-state index contributed by atoms with van der Waals surface area (Å²) in [5.74, 6) is 0. The molecule has 0 radical (unpaired) electrons. The van der Waals surface area contributed by atoms with Crippen LogP contribution in [0.25, 0.3) is 0 Å². The van der Waals surface area contributed by atoms with Crippen LogP contribution in [0.15, 0.2) is 67.3 Å². The summed E-state index contributed by atoms with van der Waals surface area (Å²) in [5.41, 5.74) is 3.89. The van der Waals surface area contributed by atoms with E-state index in [9.17, 15) is 0 Å². The molecule has 0 spiro atoms.